The number of phenolic OH excluding ortho intramolecular Hbond substituents is 5. The lowest BCUT2D eigenvalue weighted by Gasteiger charge is -2.46. The molecule has 3 aliphatic heterocycles. The molecule has 0 saturated carbocycles. The van der Waals surface area contributed by atoms with E-state index < -0.39 is 147 Å². The molecule has 4 heterocycles. The Bertz CT molecular complexity index is 3150. The zero-order valence-corrected chi connectivity index (χ0v) is 44.7. The van der Waals surface area contributed by atoms with Crippen molar-refractivity contribution in [3.63, 3.8) is 0 Å². The third-order valence-corrected chi connectivity index (χ3v) is 13.6. The van der Waals surface area contributed by atoms with E-state index in [1.165, 1.54) is 70.9 Å². The van der Waals surface area contributed by atoms with Crippen molar-refractivity contribution in [2.75, 3.05) is 48.3 Å². The van der Waals surface area contributed by atoms with E-state index in [1.807, 2.05) is 0 Å². The highest BCUT2D eigenvalue weighted by Gasteiger charge is 2.54. The summed E-state index contributed by atoms with van der Waals surface area (Å²) in [6.45, 7) is -2.67. The molecule has 0 bridgehead atoms. The van der Waals surface area contributed by atoms with Gasteiger partial charge >= 0.3 is 23.3 Å². The van der Waals surface area contributed by atoms with Crippen molar-refractivity contribution >= 4 is 35.1 Å². The number of aliphatic hydroxyl groups is 9. The minimum absolute atomic E-state index is 0.00376. The van der Waals surface area contributed by atoms with Crippen LogP contribution in [0.4, 0.5) is 0 Å². The Kier molecular flexibility index (Phi) is 19.7. The first-order valence-corrected chi connectivity index (χ1v) is 25.3. The Hall–Kier alpha value is -8.01. The first-order chi connectivity index (χ1) is 40.1. The number of phenols is 5. The highest BCUT2D eigenvalue weighted by molar-refractivity contribution is 5.90. The zero-order valence-electron chi connectivity index (χ0n) is 44.7. The summed E-state index contributed by atoms with van der Waals surface area (Å²) in [6.07, 6.45) is -24.9. The fourth-order valence-corrected chi connectivity index (χ4v) is 9.10. The zero-order chi connectivity index (χ0) is 60.8. The summed E-state index contributed by atoms with van der Waals surface area (Å²) in [5, 5.41) is 151. The molecule has 3 saturated heterocycles. The van der Waals surface area contributed by atoms with Gasteiger partial charge in [-0.2, -0.15) is 0 Å². The number of hydrogen-bond acceptors (Lipinski definition) is 28. The second-order valence-electron chi connectivity index (χ2n) is 19.0. The van der Waals surface area contributed by atoms with Gasteiger partial charge in [0.05, 0.1) is 53.3 Å². The Morgan fingerprint density at radius 3 is 1.60 bits per heavy atom. The van der Waals surface area contributed by atoms with Crippen molar-refractivity contribution in [3.05, 3.63) is 83.9 Å². The maximum Gasteiger partial charge on any atom is 0.402 e. The molecule has 0 amide bonds. The molecule has 29 nitrogen and oxygen atoms in total. The number of carbonyl (C=O) groups excluding carboxylic acids is 2. The molecule has 3 fully saturated rings. The molecule has 0 radical (unpaired) electrons. The van der Waals surface area contributed by atoms with Gasteiger partial charge in [0.2, 0.25) is 29.8 Å². The van der Waals surface area contributed by atoms with Crippen LogP contribution in [0.25, 0.3) is 34.4 Å². The van der Waals surface area contributed by atoms with Crippen LogP contribution in [0.2, 0.25) is 0 Å². The molecule has 0 aliphatic carbocycles. The number of benzene rings is 4. The van der Waals surface area contributed by atoms with Gasteiger partial charge in [-0.05, 0) is 59.7 Å². The van der Waals surface area contributed by atoms with Gasteiger partial charge in [0, 0.05) is 30.4 Å². The highest BCUT2D eigenvalue weighted by atomic mass is 16.8. The van der Waals surface area contributed by atoms with Gasteiger partial charge in [0.25, 0.3) is 0 Å². The maximum absolute atomic E-state index is 13.6. The van der Waals surface area contributed by atoms with E-state index in [1.54, 1.807) is 0 Å². The van der Waals surface area contributed by atoms with Crippen molar-refractivity contribution in [1.29, 1.82) is 0 Å². The van der Waals surface area contributed by atoms with Gasteiger partial charge in [-0.1, -0.05) is 0 Å². The third-order valence-electron chi connectivity index (χ3n) is 13.6. The van der Waals surface area contributed by atoms with Gasteiger partial charge in [0.15, 0.2) is 53.0 Å². The van der Waals surface area contributed by atoms with Crippen LogP contribution in [0.15, 0.2) is 77.2 Å². The molecule has 14 N–H and O–H groups in total. The van der Waals surface area contributed by atoms with Crippen LogP contribution < -0.4 is 28.4 Å². The van der Waals surface area contributed by atoms with Gasteiger partial charge in [0.1, 0.15) is 84.5 Å². The monoisotopic (exact) mass is 1190 g/mol. The van der Waals surface area contributed by atoms with Gasteiger partial charge < -0.3 is 128 Å². The Balaban J connectivity index is 1.18. The molecule has 0 unspecified atom stereocenters. The summed E-state index contributed by atoms with van der Waals surface area (Å²) in [7, 11) is 5.12. The van der Waals surface area contributed by atoms with E-state index in [0.29, 0.717) is 5.56 Å². The fourth-order valence-electron chi connectivity index (χ4n) is 9.10. The summed E-state index contributed by atoms with van der Waals surface area (Å²) >= 11 is 0. The Morgan fingerprint density at radius 2 is 1.04 bits per heavy atom. The van der Waals surface area contributed by atoms with E-state index in [0.717, 1.165) is 42.5 Å². The Morgan fingerprint density at radius 1 is 0.524 bits per heavy atom. The van der Waals surface area contributed by atoms with Gasteiger partial charge in [-0.3, -0.25) is 0 Å². The topological polar surface area (TPSA) is 439 Å². The summed E-state index contributed by atoms with van der Waals surface area (Å²) < 4.78 is 74.1. The van der Waals surface area contributed by atoms with Crippen LogP contribution in [0, 0.1) is 0 Å². The SMILES string of the molecule is COc1cc(C=CC(=O)OC[C@H]2O[C@@H](Oc3cc4c(O[C@@H]5O[C@H](CO)[C@@H](O)[C@H](O)[C@H]5O)cc(O)cc4[o+]c3-c3ccc(O)c(O)c3)[C@H](O[C@@H]3O[C@H](CO)[C@@H](O)[C@H](O)[C@H]3OC(=O)C=Cc3cc(OC)c(O)c(OC)c3)[C@@H](O)[C@@H]2O)cc(OC)c1O. The van der Waals surface area contributed by atoms with E-state index in [9.17, 15) is 81.1 Å². The largest absolute Gasteiger partial charge is 0.507 e. The fraction of sp³-hybridized carbons (Fsp3) is 0.400. The van der Waals surface area contributed by atoms with Crippen LogP contribution in [-0.2, 0) is 38.0 Å². The number of hydrogen-bond donors (Lipinski definition) is 14. The summed E-state index contributed by atoms with van der Waals surface area (Å²) in [6, 6.07) is 12.0. The number of rotatable bonds is 20. The van der Waals surface area contributed by atoms with Crippen molar-refractivity contribution in [1.82, 2.24) is 0 Å². The van der Waals surface area contributed by atoms with E-state index in [-0.39, 0.29) is 68.1 Å². The number of aliphatic hydroxyl groups excluding tert-OH is 9. The number of aromatic hydroxyl groups is 5. The third kappa shape index (κ3) is 13.3. The summed E-state index contributed by atoms with van der Waals surface area (Å²) in [5.74, 6) is -5.98. The van der Waals surface area contributed by atoms with Crippen LogP contribution in [0.5, 0.6) is 63.2 Å². The average Bonchev–Trinajstić information content (AvgIpc) is 2.83. The molecule has 8 rings (SSSR count). The number of fused-ring (bicyclic) bond motifs is 1. The predicted molar refractivity (Wildman–Crippen MR) is 281 cm³/mol. The van der Waals surface area contributed by atoms with E-state index in [2.05, 4.69) is 0 Å². The van der Waals surface area contributed by atoms with E-state index >= 15 is 0 Å². The average molecular weight is 1190 g/mol. The number of ether oxygens (including phenoxy) is 12. The van der Waals surface area contributed by atoms with Gasteiger partial charge in [-0.15, -0.1) is 0 Å². The lowest BCUT2D eigenvalue weighted by atomic mass is 9.97. The first kappa shape index (κ1) is 62.0. The van der Waals surface area contributed by atoms with E-state index in [4.69, 9.17) is 61.3 Å². The van der Waals surface area contributed by atoms with Crippen LogP contribution in [0.3, 0.4) is 0 Å². The van der Waals surface area contributed by atoms with Crippen molar-refractivity contribution in [3.8, 4) is 74.6 Å². The minimum atomic E-state index is -2.23. The normalized spacial score (nSPS) is 28.0. The molecule has 29 heteroatoms. The lowest BCUT2D eigenvalue weighted by Crippen LogP contribution is -2.65. The standard InChI is InChI=1S/C55H60O29/c1-72-31-11-22(12-32(73-2)41(31)63)5-9-39(61)76-21-38-45(67)48(70)52(84-55-51(47(69)44(66)37(20-57)81-55)83-40(62)10-6-23-13-33(74-3)42(64)34(14-23)75-4)54(82-38)79-35-18-26-29(77-50(35)24-7-8-27(59)28(60)15-24)16-25(58)17-30(26)78-53-49(71)46(68)43(65)36(19-56)80-53/h5-18,36-38,43-49,51-57,65-71H,19-21H2,1-4H3,(H4-,58,59,60,61,62,63,64)/p+1/t36-,37-,38-,43-,44-,45-,46+,47+,48+,49-,51-,52-,53-,54-,55+/m1/s1. The smallest absolute Gasteiger partial charge is 0.402 e. The van der Waals surface area contributed by atoms with Crippen LogP contribution in [0.1, 0.15) is 11.1 Å². The summed E-state index contributed by atoms with van der Waals surface area (Å²) in [4.78, 5) is 26.8. The van der Waals surface area contributed by atoms with Crippen LogP contribution >= 0.6 is 0 Å². The molecular formula is C55H61O29+. The molecule has 1 aromatic heterocycles. The second kappa shape index (κ2) is 26.7. The van der Waals surface area contributed by atoms with Crippen molar-refractivity contribution in [2.45, 2.75) is 92.1 Å². The second-order valence-corrected chi connectivity index (χ2v) is 19.0. The van der Waals surface area contributed by atoms with Gasteiger partial charge in [-0.25, -0.2) is 14.0 Å². The van der Waals surface area contributed by atoms with Crippen LogP contribution in [-0.4, -0.2) is 224 Å². The minimum Gasteiger partial charge on any atom is -0.507 e. The molecule has 15 atom stereocenters. The Labute approximate surface area is 475 Å². The molecule has 4 aromatic carbocycles. The molecular weight excluding hydrogens is 1120 g/mol. The number of esters is 2. The number of carbonyl (C=O) groups is 2. The highest BCUT2D eigenvalue weighted by Crippen LogP contribution is 2.45. The van der Waals surface area contributed by atoms with Crippen molar-refractivity contribution < 1.29 is 142 Å². The maximum atomic E-state index is 13.6. The quantitative estimate of drug-likeness (QED) is 0.0205. The molecule has 5 aromatic rings. The molecule has 84 heavy (non-hydrogen) atoms. The summed E-state index contributed by atoms with van der Waals surface area (Å²) in [5.41, 5.74) is 0.237. The van der Waals surface area contributed by atoms with Crippen molar-refractivity contribution in [2.24, 2.45) is 0 Å². The molecule has 0 spiro atoms. The first-order valence-electron chi connectivity index (χ1n) is 25.3. The molecule has 454 valence electrons. The molecule has 3 aliphatic rings. The predicted octanol–water partition coefficient (Wildman–Crippen LogP) is -0.347. The lowest BCUT2D eigenvalue weighted by molar-refractivity contribution is -0.358. The number of methoxy groups -OCH3 is 4.